The highest BCUT2D eigenvalue weighted by molar-refractivity contribution is 7.90. The number of hydrogen-bond donors (Lipinski definition) is 2. The molecule has 0 radical (unpaired) electrons. The fourth-order valence-corrected chi connectivity index (χ4v) is 6.44. The van der Waals surface area contributed by atoms with Crippen LogP contribution >= 0.6 is 0 Å². The Morgan fingerprint density at radius 2 is 2.03 bits per heavy atom. The largest absolute Gasteiger partial charge is 0.470 e. The van der Waals surface area contributed by atoms with Gasteiger partial charge in [0, 0.05) is 23.8 Å². The van der Waals surface area contributed by atoms with Crippen molar-refractivity contribution in [2.75, 3.05) is 33.0 Å². The summed E-state index contributed by atoms with van der Waals surface area (Å²) < 4.78 is 44.8. The lowest BCUT2D eigenvalue weighted by Gasteiger charge is -2.37. The lowest BCUT2D eigenvalue weighted by Crippen LogP contribution is -2.59. The van der Waals surface area contributed by atoms with Crippen LogP contribution in [0.1, 0.15) is 55.6 Å². The van der Waals surface area contributed by atoms with Crippen molar-refractivity contribution in [1.82, 2.24) is 15.0 Å². The van der Waals surface area contributed by atoms with Crippen LogP contribution in [0.15, 0.2) is 12.3 Å². The molecule has 4 rings (SSSR count). The molecule has 1 aromatic rings. The molecular formula is C23H35N3O6S. The molecule has 0 bridgehead atoms. The van der Waals surface area contributed by atoms with Crippen LogP contribution in [0.25, 0.3) is 0 Å². The molecule has 3 aliphatic rings. The smallest absolute Gasteiger partial charge is 0.219 e. The van der Waals surface area contributed by atoms with Gasteiger partial charge in [-0.3, -0.25) is 4.79 Å². The van der Waals surface area contributed by atoms with Crippen LogP contribution in [0.4, 0.5) is 0 Å². The van der Waals surface area contributed by atoms with E-state index in [9.17, 15) is 13.2 Å². The minimum absolute atomic E-state index is 0.00892. The molecule has 0 amide bonds. The lowest BCUT2D eigenvalue weighted by atomic mass is 9.81. The van der Waals surface area contributed by atoms with Crippen molar-refractivity contribution >= 4 is 16.3 Å². The normalized spacial score (nSPS) is 28.8. The van der Waals surface area contributed by atoms with Crippen molar-refractivity contribution in [1.29, 1.82) is 0 Å². The summed E-state index contributed by atoms with van der Waals surface area (Å²) in [6.45, 7) is 3.98. The Morgan fingerprint density at radius 1 is 1.24 bits per heavy atom. The van der Waals surface area contributed by atoms with Gasteiger partial charge in [-0.25, -0.2) is 18.1 Å². The quantitative estimate of drug-likeness (QED) is 0.483. The second-order valence-electron chi connectivity index (χ2n) is 9.26. The van der Waals surface area contributed by atoms with Crippen molar-refractivity contribution in [3.63, 3.8) is 0 Å². The summed E-state index contributed by atoms with van der Waals surface area (Å²) in [4.78, 5) is 15.1. The number of hydrogen-bond acceptors (Lipinski definition) is 8. The number of sulfonamides is 1. The molecule has 1 aromatic heterocycles. The molecule has 2 saturated heterocycles. The van der Waals surface area contributed by atoms with Gasteiger partial charge in [0.05, 0.1) is 25.9 Å². The maximum Gasteiger partial charge on any atom is 0.219 e. The van der Waals surface area contributed by atoms with Crippen LogP contribution in [0.3, 0.4) is 0 Å². The van der Waals surface area contributed by atoms with Gasteiger partial charge in [0.2, 0.25) is 15.9 Å². The average molecular weight is 482 g/mol. The molecule has 3 fully saturated rings. The lowest BCUT2D eigenvalue weighted by molar-refractivity contribution is -0.109. The van der Waals surface area contributed by atoms with Gasteiger partial charge < -0.3 is 19.5 Å². The minimum Gasteiger partial charge on any atom is -0.470 e. The van der Waals surface area contributed by atoms with E-state index in [0.717, 1.165) is 62.5 Å². The molecular weight excluding hydrogens is 446 g/mol. The number of ether oxygens (including phenoxy) is 3. The van der Waals surface area contributed by atoms with E-state index >= 15 is 0 Å². The Bertz CT molecular complexity index is 899. The first-order chi connectivity index (χ1) is 16.0. The number of pyridine rings is 1. The minimum atomic E-state index is -3.36. The molecule has 1 aliphatic carbocycles. The number of aromatic nitrogens is 1. The molecule has 9 nitrogen and oxygen atoms in total. The SMILES string of the molecule is Cc1ccnc(OCC=O)c1[C@H]1CC[C@@H](OC[C@@H]2NCCC[C@@H]2NS(=O)(=O)C2COC2)CC1. The highest BCUT2D eigenvalue weighted by Crippen LogP contribution is 2.39. The zero-order valence-corrected chi connectivity index (χ0v) is 20.0. The second-order valence-corrected chi connectivity index (χ2v) is 11.3. The number of aldehydes is 1. The van der Waals surface area contributed by atoms with Crippen LogP contribution in [0.2, 0.25) is 0 Å². The standard InChI is InChI=1S/C23H35N3O6S/c1-16-8-10-25-23(31-12-11-27)22(16)17-4-6-18(7-5-17)32-15-21-20(3-2-9-24-21)26-33(28,29)19-13-30-14-19/h8,10-11,17-21,24,26H,2-7,9,12-15H2,1H3/t17-,18+,20-,21-/m0/s1. The zero-order chi connectivity index (χ0) is 23.3. The van der Waals surface area contributed by atoms with E-state index in [2.05, 4.69) is 21.9 Å². The number of rotatable bonds is 10. The third-order valence-corrected chi connectivity index (χ3v) is 8.78. The van der Waals surface area contributed by atoms with Gasteiger partial charge in [0.15, 0.2) is 6.29 Å². The molecule has 1 saturated carbocycles. The molecule has 184 valence electrons. The van der Waals surface area contributed by atoms with Crippen molar-refractivity contribution < 1.29 is 27.4 Å². The number of carbonyl (C=O) groups excluding carboxylic acids is 1. The summed E-state index contributed by atoms with van der Waals surface area (Å²) in [6.07, 6.45) is 8.13. The van der Waals surface area contributed by atoms with Crippen molar-refractivity contribution in [2.24, 2.45) is 0 Å². The molecule has 2 atom stereocenters. The van der Waals surface area contributed by atoms with Crippen molar-refractivity contribution in [2.45, 2.75) is 74.8 Å². The van der Waals surface area contributed by atoms with Gasteiger partial charge in [0.25, 0.3) is 0 Å². The van der Waals surface area contributed by atoms with Crippen LogP contribution in [0.5, 0.6) is 5.88 Å². The summed E-state index contributed by atoms with van der Waals surface area (Å²) in [5, 5.41) is 3.00. The van der Waals surface area contributed by atoms with E-state index in [1.165, 1.54) is 0 Å². The molecule has 0 spiro atoms. The summed E-state index contributed by atoms with van der Waals surface area (Å²) in [7, 11) is -3.36. The van der Waals surface area contributed by atoms with E-state index in [-0.39, 0.29) is 38.0 Å². The van der Waals surface area contributed by atoms with Crippen LogP contribution < -0.4 is 14.8 Å². The van der Waals surface area contributed by atoms with Gasteiger partial charge >= 0.3 is 0 Å². The molecule has 2 aliphatic heterocycles. The number of piperidine rings is 1. The maximum absolute atomic E-state index is 12.5. The zero-order valence-electron chi connectivity index (χ0n) is 19.2. The third kappa shape index (κ3) is 6.10. The molecule has 2 N–H and O–H groups in total. The average Bonchev–Trinajstić information content (AvgIpc) is 2.76. The van der Waals surface area contributed by atoms with Gasteiger partial charge in [-0.2, -0.15) is 0 Å². The number of nitrogens with one attached hydrogen (secondary N) is 2. The Balaban J connectivity index is 1.29. The van der Waals surface area contributed by atoms with E-state index in [0.29, 0.717) is 18.4 Å². The van der Waals surface area contributed by atoms with Crippen LogP contribution in [-0.4, -0.2) is 76.1 Å². The van der Waals surface area contributed by atoms with E-state index < -0.39 is 15.3 Å². The second kappa shape index (κ2) is 11.2. The predicted molar refractivity (Wildman–Crippen MR) is 123 cm³/mol. The maximum atomic E-state index is 12.5. The van der Waals surface area contributed by atoms with Gasteiger partial charge in [-0.05, 0) is 69.5 Å². The van der Waals surface area contributed by atoms with E-state index in [4.69, 9.17) is 14.2 Å². The van der Waals surface area contributed by atoms with Gasteiger partial charge in [-0.1, -0.05) is 0 Å². The Morgan fingerprint density at radius 3 is 2.73 bits per heavy atom. The van der Waals surface area contributed by atoms with Gasteiger partial charge in [-0.15, -0.1) is 0 Å². The topological polar surface area (TPSA) is 116 Å². The summed E-state index contributed by atoms with van der Waals surface area (Å²) in [5.41, 5.74) is 2.23. The Kier molecular flexibility index (Phi) is 8.34. The Labute approximate surface area is 196 Å². The first-order valence-electron chi connectivity index (χ1n) is 11.9. The fraction of sp³-hybridized carbons (Fsp3) is 0.739. The third-order valence-electron chi connectivity index (χ3n) is 7.00. The van der Waals surface area contributed by atoms with Crippen LogP contribution in [0, 0.1) is 6.92 Å². The fourth-order valence-electron chi connectivity index (χ4n) is 5.00. The molecule has 3 heterocycles. The monoisotopic (exact) mass is 481 g/mol. The van der Waals surface area contributed by atoms with Crippen LogP contribution in [-0.2, 0) is 24.3 Å². The van der Waals surface area contributed by atoms with Crippen molar-refractivity contribution in [3.8, 4) is 5.88 Å². The van der Waals surface area contributed by atoms with E-state index in [1.54, 1.807) is 6.20 Å². The van der Waals surface area contributed by atoms with Crippen molar-refractivity contribution in [3.05, 3.63) is 23.4 Å². The number of aryl methyl sites for hydroxylation is 1. The first-order valence-corrected chi connectivity index (χ1v) is 13.5. The highest BCUT2D eigenvalue weighted by Gasteiger charge is 2.37. The van der Waals surface area contributed by atoms with E-state index in [1.807, 2.05) is 6.07 Å². The molecule has 0 unspecified atom stereocenters. The molecule has 0 aromatic carbocycles. The number of carbonyl (C=O) groups is 1. The summed E-state index contributed by atoms with van der Waals surface area (Å²) in [6, 6.07) is 1.80. The molecule has 33 heavy (non-hydrogen) atoms. The Hall–Kier alpha value is -1.59. The molecule has 10 heteroatoms. The summed E-state index contributed by atoms with van der Waals surface area (Å²) >= 11 is 0. The number of nitrogens with zero attached hydrogens (tertiary/aromatic N) is 1. The highest BCUT2D eigenvalue weighted by atomic mass is 32.2. The van der Waals surface area contributed by atoms with Gasteiger partial charge in [0.1, 0.15) is 11.9 Å². The first kappa shape index (κ1) is 24.5. The summed E-state index contributed by atoms with van der Waals surface area (Å²) in [5.74, 6) is 0.891. The predicted octanol–water partition coefficient (Wildman–Crippen LogP) is 1.45.